The number of hydrogen-bond donors (Lipinski definition) is 2. The minimum absolute atomic E-state index is 0.135. The van der Waals surface area contributed by atoms with Crippen LogP contribution in [0.25, 0.3) is 10.9 Å². The summed E-state index contributed by atoms with van der Waals surface area (Å²) >= 11 is 1.54. The summed E-state index contributed by atoms with van der Waals surface area (Å²) in [6, 6.07) is 18.9. The van der Waals surface area contributed by atoms with Crippen LogP contribution in [0, 0.1) is 0 Å². The van der Waals surface area contributed by atoms with E-state index in [-0.39, 0.29) is 5.91 Å². The molecule has 2 atom stereocenters. The van der Waals surface area contributed by atoms with E-state index in [1.165, 1.54) is 24.8 Å². The van der Waals surface area contributed by atoms with Gasteiger partial charge in [-0.15, -0.1) is 0 Å². The third kappa shape index (κ3) is 3.45. The number of piperazine rings is 1. The van der Waals surface area contributed by atoms with Crippen LogP contribution in [0.5, 0.6) is 0 Å². The Hall–Kier alpha value is -2.57. The third-order valence-corrected chi connectivity index (χ3v) is 6.40. The molecule has 142 valence electrons. The van der Waals surface area contributed by atoms with Crippen LogP contribution < -0.4 is 10.0 Å². The van der Waals surface area contributed by atoms with Crippen LogP contribution in [0.2, 0.25) is 0 Å². The molecule has 1 aromatic heterocycles. The van der Waals surface area contributed by atoms with Gasteiger partial charge >= 0.3 is 0 Å². The molecule has 2 unspecified atom stereocenters. The molecule has 2 aliphatic rings. The van der Waals surface area contributed by atoms with E-state index in [0.717, 1.165) is 40.1 Å². The fourth-order valence-corrected chi connectivity index (χ4v) is 4.88. The second kappa shape index (κ2) is 7.45. The molecule has 2 N–H and O–H groups in total. The molecule has 3 heterocycles. The molecular formula is C22H22N4OS. The lowest BCUT2D eigenvalue weighted by Crippen LogP contribution is -2.53. The molecule has 6 heteroatoms. The van der Waals surface area contributed by atoms with E-state index in [1.807, 2.05) is 47.5 Å². The Morgan fingerprint density at radius 2 is 1.79 bits per heavy atom. The van der Waals surface area contributed by atoms with Crippen LogP contribution in [0.4, 0.5) is 5.69 Å². The van der Waals surface area contributed by atoms with E-state index >= 15 is 0 Å². The summed E-state index contributed by atoms with van der Waals surface area (Å²) in [7, 11) is 0. The number of carbonyl (C=O) groups is 1. The Bertz CT molecular complexity index is 990. The number of rotatable bonds is 4. The Kier molecular flexibility index (Phi) is 4.66. The lowest BCUT2D eigenvalue weighted by Gasteiger charge is -2.33. The summed E-state index contributed by atoms with van der Waals surface area (Å²) in [5, 5.41) is 4.69. The highest BCUT2D eigenvalue weighted by atomic mass is 32.2. The van der Waals surface area contributed by atoms with Crippen molar-refractivity contribution in [3.05, 3.63) is 66.4 Å². The Morgan fingerprint density at radius 1 is 1.04 bits per heavy atom. The fourth-order valence-electron chi connectivity index (χ4n) is 4.10. The second-order valence-electron chi connectivity index (χ2n) is 7.46. The molecule has 1 amide bonds. The van der Waals surface area contributed by atoms with Crippen molar-refractivity contribution in [1.29, 1.82) is 0 Å². The molecule has 0 radical (unpaired) electrons. The minimum Gasteiger partial charge on any atom is -0.336 e. The van der Waals surface area contributed by atoms with Crippen molar-refractivity contribution < 1.29 is 4.79 Å². The Labute approximate surface area is 168 Å². The molecule has 2 bridgehead atoms. The quantitative estimate of drug-likeness (QED) is 0.661. The lowest BCUT2D eigenvalue weighted by atomic mass is 10.1. The first-order valence-corrected chi connectivity index (χ1v) is 10.5. The summed E-state index contributed by atoms with van der Waals surface area (Å²) in [6.45, 7) is 1.64. The van der Waals surface area contributed by atoms with Crippen molar-refractivity contribution in [2.75, 3.05) is 17.8 Å². The summed E-state index contributed by atoms with van der Waals surface area (Å²) in [6.07, 6.45) is 4.17. The van der Waals surface area contributed by atoms with Gasteiger partial charge in [0, 0.05) is 48.0 Å². The van der Waals surface area contributed by atoms with E-state index in [9.17, 15) is 4.79 Å². The number of nitrogens with one attached hydrogen (secondary N) is 2. The number of fused-ring (bicyclic) bond motifs is 3. The maximum Gasteiger partial charge on any atom is 0.253 e. The number of likely N-dealkylation sites (tertiary alicyclic amines) is 1. The number of nitrogens with zero attached hydrogens (tertiary/aromatic N) is 2. The van der Waals surface area contributed by atoms with Crippen LogP contribution in [0.3, 0.4) is 0 Å². The monoisotopic (exact) mass is 390 g/mol. The van der Waals surface area contributed by atoms with E-state index in [2.05, 4.69) is 33.2 Å². The van der Waals surface area contributed by atoms with Gasteiger partial charge in [0.15, 0.2) is 0 Å². The fraction of sp³-hybridized carbons (Fsp3) is 0.273. The summed E-state index contributed by atoms with van der Waals surface area (Å²) in [4.78, 5) is 20.4. The van der Waals surface area contributed by atoms with Gasteiger partial charge in [0.1, 0.15) is 0 Å². The van der Waals surface area contributed by atoms with Gasteiger partial charge in [-0.25, -0.2) is 0 Å². The maximum absolute atomic E-state index is 12.8. The van der Waals surface area contributed by atoms with E-state index in [0.29, 0.717) is 12.1 Å². The normalized spacial score (nSPS) is 21.1. The summed E-state index contributed by atoms with van der Waals surface area (Å²) in [5.74, 6) is 0.135. The van der Waals surface area contributed by atoms with Crippen LogP contribution in [-0.4, -0.2) is 41.0 Å². The molecule has 28 heavy (non-hydrogen) atoms. The number of benzene rings is 2. The van der Waals surface area contributed by atoms with Gasteiger partial charge in [-0.2, -0.15) is 0 Å². The van der Waals surface area contributed by atoms with E-state index < -0.39 is 0 Å². The van der Waals surface area contributed by atoms with Gasteiger partial charge in [0.2, 0.25) is 0 Å². The topological polar surface area (TPSA) is 57.3 Å². The van der Waals surface area contributed by atoms with Crippen LogP contribution in [0.15, 0.2) is 65.7 Å². The van der Waals surface area contributed by atoms with Crippen molar-refractivity contribution in [1.82, 2.24) is 15.2 Å². The molecular weight excluding hydrogens is 368 g/mol. The van der Waals surface area contributed by atoms with Gasteiger partial charge in [-0.1, -0.05) is 18.2 Å². The second-order valence-corrected chi connectivity index (χ2v) is 8.31. The zero-order chi connectivity index (χ0) is 18.9. The Morgan fingerprint density at radius 3 is 2.57 bits per heavy atom. The van der Waals surface area contributed by atoms with E-state index in [1.54, 1.807) is 0 Å². The largest absolute Gasteiger partial charge is 0.336 e. The molecule has 2 saturated heterocycles. The zero-order valence-corrected chi connectivity index (χ0v) is 16.3. The highest BCUT2D eigenvalue weighted by Gasteiger charge is 2.34. The van der Waals surface area contributed by atoms with Crippen molar-refractivity contribution >= 4 is 34.4 Å². The molecule has 3 aromatic rings. The third-order valence-electron chi connectivity index (χ3n) is 5.51. The summed E-state index contributed by atoms with van der Waals surface area (Å²) in [5.41, 5.74) is 2.71. The molecule has 2 aliphatic heterocycles. The molecule has 5 rings (SSSR count). The number of pyridine rings is 1. The van der Waals surface area contributed by atoms with Gasteiger partial charge in [-0.3, -0.25) is 9.78 Å². The number of amides is 1. The average molecular weight is 391 g/mol. The molecule has 0 aliphatic carbocycles. The first-order chi connectivity index (χ1) is 13.8. The van der Waals surface area contributed by atoms with Gasteiger partial charge in [-0.05, 0) is 61.2 Å². The molecule has 0 saturated carbocycles. The average Bonchev–Trinajstić information content (AvgIpc) is 3.09. The van der Waals surface area contributed by atoms with Gasteiger partial charge < -0.3 is 14.9 Å². The predicted octanol–water partition coefficient (Wildman–Crippen LogP) is 3.93. The Balaban J connectivity index is 1.26. The van der Waals surface area contributed by atoms with Gasteiger partial charge in [0.05, 0.1) is 10.4 Å². The van der Waals surface area contributed by atoms with Crippen LogP contribution in [-0.2, 0) is 0 Å². The molecule has 5 nitrogen and oxygen atoms in total. The molecule has 0 spiro atoms. The highest BCUT2D eigenvalue weighted by Crippen LogP contribution is 2.28. The zero-order valence-electron chi connectivity index (χ0n) is 15.5. The first kappa shape index (κ1) is 17.5. The number of hydrogen-bond acceptors (Lipinski definition) is 5. The van der Waals surface area contributed by atoms with Crippen LogP contribution in [0.1, 0.15) is 23.2 Å². The summed E-state index contributed by atoms with van der Waals surface area (Å²) < 4.78 is 3.36. The molecule has 2 aromatic carbocycles. The van der Waals surface area contributed by atoms with Gasteiger partial charge in [0.25, 0.3) is 5.91 Å². The smallest absolute Gasteiger partial charge is 0.253 e. The first-order valence-electron chi connectivity index (χ1n) is 9.68. The molecule has 2 fully saturated rings. The SMILES string of the molecule is O=C(c1ccc(NSc2cccc3cccnc23)cc1)N1CC2CCC(C1)N2. The van der Waals surface area contributed by atoms with Crippen molar-refractivity contribution in [2.45, 2.75) is 29.8 Å². The standard InChI is InChI=1S/C22H22N4OS/c27-22(26-13-18-10-11-19(14-26)24-18)16-6-8-17(9-7-16)25-28-20-5-1-3-15-4-2-12-23-21(15)20/h1-9,12,18-19,24-25H,10-11,13-14H2. The van der Waals surface area contributed by atoms with Crippen molar-refractivity contribution in [3.63, 3.8) is 0 Å². The number of para-hydroxylation sites is 1. The highest BCUT2D eigenvalue weighted by molar-refractivity contribution is 8.00. The minimum atomic E-state index is 0.135. The lowest BCUT2D eigenvalue weighted by molar-refractivity contribution is 0.0697. The van der Waals surface area contributed by atoms with Crippen molar-refractivity contribution in [3.8, 4) is 0 Å². The maximum atomic E-state index is 12.8. The predicted molar refractivity (Wildman–Crippen MR) is 114 cm³/mol. The number of carbonyl (C=O) groups excluding carboxylic acids is 1. The number of anilines is 1. The number of aromatic nitrogens is 1. The van der Waals surface area contributed by atoms with Crippen molar-refractivity contribution in [2.24, 2.45) is 0 Å². The van der Waals surface area contributed by atoms with E-state index in [4.69, 9.17) is 0 Å². The van der Waals surface area contributed by atoms with Crippen LogP contribution >= 0.6 is 11.9 Å².